The van der Waals surface area contributed by atoms with E-state index in [0.29, 0.717) is 10.7 Å². The van der Waals surface area contributed by atoms with Crippen LogP contribution >= 0.6 is 11.6 Å². The first kappa shape index (κ1) is 15.4. The third-order valence-electron chi connectivity index (χ3n) is 3.24. The van der Waals surface area contributed by atoms with Crippen LogP contribution in [-0.2, 0) is 11.2 Å². The zero-order chi connectivity index (χ0) is 15.2. The molecule has 0 fully saturated rings. The number of carbonyl (C=O) groups excluding carboxylic acids is 1. The number of halogens is 1. The summed E-state index contributed by atoms with van der Waals surface area (Å²) in [7, 11) is 0. The van der Waals surface area contributed by atoms with Gasteiger partial charge in [0.1, 0.15) is 0 Å². The summed E-state index contributed by atoms with van der Waals surface area (Å²) < 4.78 is 0. The summed E-state index contributed by atoms with van der Waals surface area (Å²) in [5.74, 6) is -0.119. The highest BCUT2D eigenvalue weighted by Gasteiger charge is 2.07. The predicted molar refractivity (Wildman–Crippen MR) is 89.1 cm³/mol. The minimum absolute atomic E-state index is 0.119. The Labute approximate surface area is 130 Å². The van der Waals surface area contributed by atoms with E-state index < -0.39 is 0 Å². The van der Waals surface area contributed by atoms with E-state index in [0.717, 1.165) is 17.7 Å². The fraction of sp³-hybridized carbons (Fsp3) is 0.235. The maximum Gasteiger partial charge on any atom is 0.243 e. The number of amides is 1. The lowest BCUT2D eigenvalue weighted by molar-refractivity contribution is -0.114. The Kier molecular flexibility index (Phi) is 5.23. The Balaban J connectivity index is 1.96. The van der Waals surface area contributed by atoms with Crippen LogP contribution in [0.1, 0.15) is 18.1 Å². The van der Waals surface area contributed by atoms with Crippen LogP contribution in [0.3, 0.4) is 0 Å². The molecule has 0 heterocycles. The van der Waals surface area contributed by atoms with Crippen molar-refractivity contribution in [2.75, 3.05) is 17.2 Å². The SMILES string of the molecule is CCc1ccccc1NCC(=O)Nc1ccc(C)cc1Cl. The van der Waals surface area contributed by atoms with E-state index >= 15 is 0 Å². The van der Waals surface area contributed by atoms with Gasteiger partial charge >= 0.3 is 0 Å². The van der Waals surface area contributed by atoms with Gasteiger partial charge in [-0.15, -0.1) is 0 Å². The Morgan fingerprint density at radius 3 is 2.62 bits per heavy atom. The first-order valence-electron chi connectivity index (χ1n) is 6.98. The van der Waals surface area contributed by atoms with Crippen LogP contribution in [0.4, 0.5) is 11.4 Å². The summed E-state index contributed by atoms with van der Waals surface area (Å²) in [6, 6.07) is 13.5. The lowest BCUT2D eigenvalue weighted by Gasteiger charge is -2.12. The molecule has 0 spiro atoms. The smallest absolute Gasteiger partial charge is 0.243 e. The summed E-state index contributed by atoms with van der Waals surface area (Å²) in [5, 5.41) is 6.52. The molecule has 21 heavy (non-hydrogen) atoms. The van der Waals surface area contributed by atoms with E-state index in [4.69, 9.17) is 11.6 Å². The van der Waals surface area contributed by atoms with Gasteiger partial charge in [0, 0.05) is 5.69 Å². The average molecular weight is 303 g/mol. The van der Waals surface area contributed by atoms with Crippen molar-refractivity contribution in [1.82, 2.24) is 0 Å². The lowest BCUT2D eigenvalue weighted by Crippen LogP contribution is -2.22. The van der Waals surface area contributed by atoms with E-state index in [-0.39, 0.29) is 12.5 Å². The Hall–Kier alpha value is -2.00. The normalized spacial score (nSPS) is 10.2. The van der Waals surface area contributed by atoms with Gasteiger partial charge in [0.2, 0.25) is 5.91 Å². The molecule has 0 radical (unpaired) electrons. The highest BCUT2D eigenvalue weighted by molar-refractivity contribution is 6.33. The minimum Gasteiger partial charge on any atom is -0.376 e. The summed E-state index contributed by atoms with van der Waals surface area (Å²) in [6.45, 7) is 4.26. The standard InChI is InChI=1S/C17H19ClN2O/c1-3-13-6-4-5-7-15(13)19-11-17(21)20-16-9-8-12(2)10-14(16)18/h4-10,19H,3,11H2,1-2H3,(H,20,21). The summed E-state index contributed by atoms with van der Waals surface area (Å²) >= 11 is 6.10. The van der Waals surface area contributed by atoms with Gasteiger partial charge in [-0.2, -0.15) is 0 Å². The molecule has 0 aromatic heterocycles. The molecular weight excluding hydrogens is 284 g/mol. The van der Waals surface area contributed by atoms with Crippen molar-refractivity contribution in [1.29, 1.82) is 0 Å². The van der Waals surface area contributed by atoms with Crippen molar-refractivity contribution in [3.05, 3.63) is 58.6 Å². The van der Waals surface area contributed by atoms with E-state index in [1.807, 2.05) is 43.3 Å². The van der Waals surface area contributed by atoms with Crippen LogP contribution in [0.25, 0.3) is 0 Å². The average Bonchev–Trinajstić information content (AvgIpc) is 2.48. The van der Waals surface area contributed by atoms with Crippen LogP contribution in [0.5, 0.6) is 0 Å². The van der Waals surface area contributed by atoms with E-state index in [1.165, 1.54) is 5.56 Å². The summed E-state index contributed by atoms with van der Waals surface area (Å²) in [6.07, 6.45) is 0.925. The van der Waals surface area contributed by atoms with Crippen LogP contribution in [-0.4, -0.2) is 12.5 Å². The lowest BCUT2D eigenvalue weighted by atomic mass is 10.1. The number of nitrogens with one attached hydrogen (secondary N) is 2. The zero-order valence-corrected chi connectivity index (χ0v) is 13.0. The monoisotopic (exact) mass is 302 g/mol. The molecule has 0 aliphatic carbocycles. The first-order chi connectivity index (χ1) is 10.1. The van der Waals surface area contributed by atoms with Gasteiger partial charge in [0.25, 0.3) is 0 Å². The van der Waals surface area contributed by atoms with Crippen LogP contribution in [0.2, 0.25) is 5.02 Å². The Morgan fingerprint density at radius 2 is 1.90 bits per heavy atom. The molecule has 0 atom stereocenters. The molecular formula is C17H19ClN2O. The molecule has 0 bridgehead atoms. The van der Waals surface area contributed by atoms with Gasteiger partial charge in [-0.05, 0) is 42.7 Å². The summed E-state index contributed by atoms with van der Waals surface area (Å²) in [5.41, 5.74) is 3.88. The van der Waals surface area contributed by atoms with Crippen molar-refractivity contribution in [3.8, 4) is 0 Å². The fourth-order valence-corrected chi connectivity index (χ4v) is 2.37. The number of carbonyl (C=O) groups is 1. The molecule has 110 valence electrons. The van der Waals surface area contributed by atoms with E-state index in [1.54, 1.807) is 0 Å². The van der Waals surface area contributed by atoms with Gasteiger partial charge < -0.3 is 10.6 Å². The molecule has 2 rings (SSSR count). The summed E-state index contributed by atoms with van der Waals surface area (Å²) in [4.78, 5) is 12.0. The maximum atomic E-state index is 12.0. The maximum absolute atomic E-state index is 12.0. The number of hydrogen-bond donors (Lipinski definition) is 2. The van der Waals surface area contributed by atoms with Crippen molar-refractivity contribution in [3.63, 3.8) is 0 Å². The van der Waals surface area contributed by atoms with Crippen molar-refractivity contribution >= 4 is 28.9 Å². The first-order valence-corrected chi connectivity index (χ1v) is 7.35. The molecule has 2 N–H and O–H groups in total. The molecule has 2 aromatic carbocycles. The van der Waals surface area contributed by atoms with Gasteiger partial charge in [-0.3, -0.25) is 4.79 Å². The van der Waals surface area contributed by atoms with Gasteiger partial charge in [-0.1, -0.05) is 42.8 Å². The number of anilines is 2. The van der Waals surface area contributed by atoms with Crippen molar-refractivity contribution < 1.29 is 4.79 Å². The number of para-hydroxylation sites is 1. The van der Waals surface area contributed by atoms with Crippen LogP contribution < -0.4 is 10.6 Å². The minimum atomic E-state index is -0.119. The molecule has 4 heteroatoms. The van der Waals surface area contributed by atoms with Crippen LogP contribution in [0.15, 0.2) is 42.5 Å². The largest absolute Gasteiger partial charge is 0.376 e. The number of aryl methyl sites for hydroxylation is 2. The highest BCUT2D eigenvalue weighted by Crippen LogP contribution is 2.22. The molecule has 0 aliphatic heterocycles. The third kappa shape index (κ3) is 4.23. The second kappa shape index (κ2) is 7.14. The van der Waals surface area contributed by atoms with Gasteiger partial charge in [-0.25, -0.2) is 0 Å². The molecule has 1 amide bonds. The quantitative estimate of drug-likeness (QED) is 0.866. The molecule has 0 saturated carbocycles. The highest BCUT2D eigenvalue weighted by atomic mass is 35.5. The Bertz CT molecular complexity index is 640. The number of hydrogen-bond acceptors (Lipinski definition) is 2. The molecule has 0 unspecified atom stereocenters. The zero-order valence-electron chi connectivity index (χ0n) is 12.2. The van der Waals surface area contributed by atoms with Crippen molar-refractivity contribution in [2.45, 2.75) is 20.3 Å². The van der Waals surface area contributed by atoms with E-state index in [2.05, 4.69) is 23.6 Å². The van der Waals surface area contributed by atoms with Gasteiger partial charge in [0.05, 0.1) is 17.3 Å². The predicted octanol–water partition coefficient (Wildman–Crippen LogP) is 4.26. The topological polar surface area (TPSA) is 41.1 Å². The second-order valence-electron chi connectivity index (χ2n) is 4.90. The molecule has 2 aromatic rings. The van der Waals surface area contributed by atoms with Crippen molar-refractivity contribution in [2.24, 2.45) is 0 Å². The fourth-order valence-electron chi connectivity index (χ4n) is 2.09. The van der Waals surface area contributed by atoms with E-state index in [9.17, 15) is 4.79 Å². The molecule has 0 aliphatic rings. The number of benzene rings is 2. The molecule has 0 saturated heterocycles. The van der Waals surface area contributed by atoms with Crippen LogP contribution in [0, 0.1) is 6.92 Å². The third-order valence-corrected chi connectivity index (χ3v) is 3.55. The Morgan fingerprint density at radius 1 is 1.14 bits per heavy atom. The molecule has 3 nitrogen and oxygen atoms in total. The number of rotatable bonds is 5. The second-order valence-corrected chi connectivity index (χ2v) is 5.30. The van der Waals surface area contributed by atoms with Gasteiger partial charge in [0.15, 0.2) is 0 Å².